The van der Waals surface area contributed by atoms with Crippen molar-refractivity contribution in [2.45, 2.75) is 18.9 Å². The van der Waals surface area contributed by atoms with Crippen LogP contribution in [0.1, 0.15) is 23.2 Å². The number of amides is 1. The molecule has 1 atom stereocenters. The number of nitrogens with two attached hydrogens (primary N) is 1. The molecular formula is C11H14ClN3O3S. The Kier molecular flexibility index (Phi) is 3.96. The van der Waals surface area contributed by atoms with Crippen molar-refractivity contribution < 1.29 is 13.2 Å². The molecule has 0 spiro atoms. The molecule has 1 amide bonds. The van der Waals surface area contributed by atoms with Gasteiger partial charge in [0.25, 0.3) is 5.91 Å². The van der Waals surface area contributed by atoms with E-state index in [1.807, 2.05) is 0 Å². The highest BCUT2D eigenvalue weighted by molar-refractivity contribution is 7.91. The summed E-state index contributed by atoms with van der Waals surface area (Å²) in [5, 5.41) is 2.71. The summed E-state index contributed by atoms with van der Waals surface area (Å²) in [5.74, 6) is -0.307. The van der Waals surface area contributed by atoms with E-state index in [0.717, 1.165) is 0 Å². The fourth-order valence-corrected chi connectivity index (χ4v) is 3.85. The predicted molar refractivity (Wildman–Crippen MR) is 72.8 cm³/mol. The van der Waals surface area contributed by atoms with E-state index in [0.29, 0.717) is 18.5 Å². The summed E-state index contributed by atoms with van der Waals surface area (Å²) in [6.45, 7) is 0. The Morgan fingerprint density at radius 1 is 1.53 bits per heavy atom. The monoisotopic (exact) mass is 303 g/mol. The maximum Gasteiger partial charge on any atom is 0.254 e. The molecule has 1 fully saturated rings. The van der Waals surface area contributed by atoms with Crippen LogP contribution >= 0.6 is 11.6 Å². The minimum atomic E-state index is -3.07. The van der Waals surface area contributed by atoms with Gasteiger partial charge in [-0.25, -0.2) is 13.4 Å². The smallest absolute Gasteiger partial charge is 0.254 e. The molecule has 1 aromatic rings. The minimum Gasteiger partial charge on any atom is -0.397 e. The first kappa shape index (κ1) is 14.1. The Morgan fingerprint density at radius 3 is 2.95 bits per heavy atom. The highest BCUT2D eigenvalue weighted by atomic mass is 35.5. The van der Waals surface area contributed by atoms with Gasteiger partial charge in [0.1, 0.15) is 5.15 Å². The SMILES string of the molecule is Nc1cnc(Cl)c(C(=O)NC2CCCS(=O)(=O)C2)c1. The molecule has 0 aromatic carbocycles. The topological polar surface area (TPSA) is 102 Å². The Hall–Kier alpha value is -1.34. The van der Waals surface area contributed by atoms with Gasteiger partial charge < -0.3 is 11.1 Å². The van der Waals surface area contributed by atoms with Gasteiger partial charge in [0.2, 0.25) is 0 Å². The molecule has 8 heteroatoms. The minimum absolute atomic E-state index is 0.0356. The average molecular weight is 304 g/mol. The third kappa shape index (κ3) is 3.57. The Bertz CT molecular complexity index is 603. The lowest BCUT2D eigenvalue weighted by atomic mass is 10.1. The van der Waals surface area contributed by atoms with E-state index in [4.69, 9.17) is 17.3 Å². The molecular weight excluding hydrogens is 290 g/mol. The number of halogens is 1. The highest BCUT2D eigenvalue weighted by Crippen LogP contribution is 2.17. The fraction of sp³-hybridized carbons (Fsp3) is 0.455. The van der Waals surface area contributed by atoms with Crippen molar-refractivity contribution in [2.75, 3.05) is 17.2 Å². The van der Waals surface area contributed by atoms with Crippen LogP contribution < -0.4 is 11.1 Å². The molecule has 6 nitrogen and oxygen atoms in total. The first-order valence-corrected chi connectivity index (χ1v) is 7.99. The second kappa shape index (κ2) is 5.34. The molecule has 0 bridgehead atoms. The Labute approximate surface area is 116 Å². The zero-order valence-electron chi connectivity index (χ0n) is 10.1. The van der Waals surface area contributed by atoms with Crippen LogP contribution in [0.15, 0.2) is 12.3 Å². The number of hydrogen-bond acceptors (Lipinski definition) is 5. The van der Waals surface area contributed by atoms with E-state index in [1.165, 1.54) is 12.3 Å². The van der Waals surface area contributed by atoms with Gasteiger partial charge in [-0.2, -0.15) is 0 Å². The summed E-state index contributed by atoms with van der Waals surface area (Å²) in [4.78, 5) is 15.8. The quantitative estimate of drug-likeness (QED) is 0.780. The van der Waals surface area contributed by atoms with Crippen LogP contribution in [0.5, 0.6) is 0 Å². The van der Waals surface area contributed by atoms with Crippen LogP contribution in [-0.2, 0) is 9.84 Å². The van der Waals surface area contributed by atoms with Crippen molar-refractivity contribution in [1.82, 2.24) is 10.3 Å². The largest absolute Gasteiger partial charge is 0.397 e. The molecule has 1 aromatic heterocycles. The van der Waals surface area contributed by atoms with Crippen LogP contribution in [-0.4, -0.2) is 36.9 Å². The van der Waals surface area contributed by atoms with E-state index >= 15 is 0 Å². The van der Waals surface area contributed by atoms with Gasteiger partial charge in [-0.05, 0) is 18.9 Å². The van der Waals surface area contributed by atoms with E-state index in [9.17, 15) is 13.2 Å². The molecule has 0 radical (unpaired) electrons. The van der Waals surface area contributed by atoms with Crippen molar-refractivity contribution in [3.8, 4) is 0 Å². The summed E-state index contributed by atoms with van der Waals surface area (Å²) in [6, 6.07) is 1.03. The van der Waals surface area contributed by atoms with Gasteiger partial charge in [-0.1, -0.05) is 11.6 Å². The van der Waals surface area contributed by atoms with Crippen LogP contribution in [0.4, 0.5) is 5.69 Å². The molecule has 1 saturated heterocycles. The van der Waals surface area contributed by atoms with Crippen molar-refractivity contribution in [2.24, 2.45) is 0 Å². The van der Waals surface area contributed by atoms with Gasteiger partial charge in [-0.3, -0.25) is 4.79 Å². The van der Waals surface area contributed by atoms with Crippen LogP contribution in [0.25, 0.3) is 0 Å². The lowest BCUT2D eigenvalue weighted by molar-refractivity contribution is 0.0938. The number of rotatable bonds is 2. The number of nitrogen functional groups attached to an aromatic ring is 1. The van der Waals surface area contributed by atoms with Gasteiger partial charge in [0.15, 0.2) is 9.84 Å². The highest BCUT2D eigenvalue weighted by Gasteiger charge is 2.26. The number of anilines is 1. The average Bonchev–Trinajstić information content (AvgIpc) is 2.31. The standard InChI is InChI=1S/C11H14ClN3O3S/c12-10-9(4-7(13)5-14-10)11(16)15-8-2-1-3-19(17,18)6-8/h4-5,8H,1-3,6,13H2,(H,15,16). The summed E-state index contributed by atoms with van der Waals surface area (Å²) >= 11 is 5.82. The number of carbonyl (C=O) groups excluding carboxylic acids is 1. The molecule has 1 aliphatic heterocycles. The Balaban J connectivity index is 2.11. The first-order valence-electron chi connectivity index (χ1n) is 5.80. The van der Waals surface area contributed by atoms with Crippen LogP contribution in [0.3, 0.4) is 0 Å². The second-order valence-corrected chi connectivity index (χ2v) is 7.12. The number of nitrogens with one attached hydrogen (secondary N) is 1. The van der Waals surface area contributed by atoms with Crippen molar-refractivity contribution in [3.05, 3.63) is 23.0 Å². The molecule has 0 aliphatic carbocycles. The zero-order valence-corrected chi connectivity index (χ0v) is 11.7. The molecule has 2 rings (SSSR count). The van der Waals surface area contributed by atoms with Crippen molar-refractivity contribution in [1.29, 1.82) is 0 Å². The van der Waals surface area contributed by atoms with Gasteiger partial charge >= 0.3 is 0 Å². The van der Waals surface area contributed by atoms with E-state index in [2.05, 4.69) is 10.3 Å². The third-order valence-electron chi connectivity index (χ3n) is 2.90. The maximum atomic E-state index is 12.0. The number of nitrogens with zero attached hydrogens (tertiary/aromatic N) is 1. The van der Waals surface area contributed by atoms with Crippen molar-refractivity contribution >= 4 is 33.0 Å². The van der Waals surface area contributed by atoms with E-state index in [1.54, 1.807) is 0 Å². The fourth-order valence-electron chi connectivity index (χ4n) is 2.02. The molecule has 2 heterocycles. The van der Waals surface area contributed by atoms with Gasteiger partial charge in [0.05, 0.1) is 29.0 Å². The molecule has 19 heavy (non-hydrogen) atoms. The summed E-state index contributed by atoms with van der Waals surface area (Å²) in [6.07, 6.45) is 2.54. The summed E-state index contributed by atoms with van der Waals surface area (Å²) < 4.78 is 23.0. The number of sulfone groups is 1. The van der Waals surface area contributed by atoms with Crippen molar-refractivity contribution in [3.63, 3.8) is 0 Å². The number of hydrogen-bond donors (Lipinski definition) is 2. The van der Waals surface area contributed by atoms with Gasteiger partial charge in [-0.15, -0.1) is 0 Å². The molecule has 0 saturated carbocycles. The van der Waals surface area contributed by atoms with Crippen LogP contribution in [0, 0.1) is 0 Å². The molecule has 104 valence electrons. The third-order valence-corrected chi connectivity index (χ3v) is 5.03. The Morgan fingerprint density at radius 2 is 2.26 bits per heavy atom. The normalized spacial score (nSPS) is 21.8. The first-order chi connectivity index (χ1) is 8.87. The summed E-state index contributed by atoms with van der Waals surface area (Å²) in [7, 11) is -3.07. The molecule has 1 aliphatic rings. The second-order valence-electron chi connectivity index (χ2n) is 4.53. The van der Waals surface area contributed by atoms with Crippen LogP contribution in [0.2, 0.25) is 5.15 Å². The van der Waals surface area contributed by atoms with E-state index < -0.39 is 15.7 Å². The predicted octanol–water partition coefficient (Wildman–Crippen LogP) is 0.624. The number of carbonyl (C=O) groups is 1. The van der Waals surface area contributed by atoms with Gasteiger partial charge in [0, 0.05) is 6.04 Å². The zero-order chi connectivity index (χ0) is 14.0. The summed E-state index contributed by atoms with van der Waals surface area (Å²) in [5.41, 5.74) is 6.03. The lowest BCUT2D eigenvalue weighted by Gasteiger charge is -2.23. The molecule has 1 unspecified atom stereocenters. The number of aromatic nitrogens is 1. The van der Waals surface area contributed by atoms with E-state index in [-0.39, 0.29) is 28.3 Å². The lowest BCUT2D eigenvalue weighted by Crippen LogP contribution is -2.43. The number of pyridine rings is 1. The molecule has 3 N–H and O–H groups in total. The maximum absolute atomic E-state index is 12.0.